The molecule has 1 amide bonds. The van der Waals surface area contributed by atoms with Gasteiger partial charge in [-0.15, -0.1) is 13.2 Å². The molecule has 1 N–H and O–H groups in total. The van der Waals surface area contributed by atoms with Crippen LogP contribution in [0.2, 0.25) is 0 Å². The van der Waals surface area contributed by atoms with Crippen LogP contribution < -0.4 is 24.3 Å². The van der Waals surface area contributed by atoms with Crippen molar-refractivity contribution in [3.05, 3.63) is 90.6 Å². The Bertz CT molecular complexity index is 1670. The van der Waals surface area contributed by atoms with Crippen LogP contribution in [0.5, 0.6) is 28.7 Å². The van der Waals surface area contributed by atoms with Crippen molar-refractivity contribution in [1.29, 1.82) is 0 Å². The van der Waals surface area contributed by atoms with Crippen LogP contribution in [0, 0.1) is 0 Å². The maximum atomic E-state index is 13.0. The number of fused-ring (bicyclic) bond motifs is 2. The number of nitrogens with zero attached hydrogens (tertiary/aromatic N) is 1. The Balaban J connectivity index is 1.39. The molecule has 1 heterocycles. The van der Waals surface area contributed by atoms with Gasteiger partial charge in [-0.25, -0.2) is 0 Å². The van der Waals surface area contributed by atoms with Crippen molar-refractivity contribution in [2.45, 2.75) is 6.36 Å². The Morgan fingerprint density at radius 2 is 1.51 bits per heavy atom. The average molecular weight is 534 g/mol. The van der Waals surface area contributed by atoms with Crippen LogP contribution in [0.1, 0.15) is 10.4 Å². The Morgan fingerprint density at radius 1 is 0.795 bits per heavy atom. The quantitative estimate of drug-likeness (QED) is 0.235. The lowest BCUT2D eigenvalue weighted by atomic mass is 10.0. The number of alkyl halides is 3. The second kappa shape index (κ2) is 10.4. The lowest BCUT2D eigenvalue weighted by Gasteiger charge is -2.13. The minimum Gasteiger partial charge on any atom is -0.493 e. The normalized spacial score (nSPS) is 11.3. The number of ether oxygens (including phenoxy) is 4. The number of hydrogen-bond acceptors (Lipinski definition) is 6. The number of rotatable bonds is 7. The van der Waals surface area contributed by atoms with Crippen molar-refractivity contribution >= 4 is 33.3 Å². The maximum Gasteiger partial charge on any atom is 0.573 e. The summed E-state index contributed by atoms with van der Waals surface area (Å²) >= 11 is 0. The lowest BCUT2D eigenvalue weighted by molar-refractivity contribution is -0.274. The summed E-state index contributed by atoms with van der Waals surface area (Å²) in [5.74, 6) is 1.41. The van der Waals surface area contributed by atoms with Gasteiger partial charge in [0, 0.05) is 28.9 Å². The highest BCUT2D eigenvalue weighted by Gasteiger charge is 2.31. The molecule has 5 aromatic rings. The van der Waals surface area contributed by atoms with Gasteiger partial charge in [0.25, 0.3) is 5.91 Å². The monoisotopic (exact) mass is 534 g/mol. The number of methoxy groups -OCH3 is 2. The zero-order valence-corrected chi connectivity index (χ0v) is 20.7. The first-order valence-corrected chi connectivity index (χ1v) is 11.6. The van der Waals surface area contributed by atoms with E-state index in [1.807, 2.05) is 12.1 Å². The third-order valence-corrected chi connectivity index (χ3v) is 5.88. The molecule has 0 saturated heterocycles. The fraction of sp³-hybridized carbons (Fsp3) is 0.103. The van der Waals surface area contributed by atoms with Crippen molar-refractivity contribution in [2.75, 3.05) is 19.5 Å². The number of aromatic nitrogens is 1. The summed E-state index contributed by atoms with van der Waals surface area (Å²) in [6.07, 6.45) is -3.16. The summed E-state index contributed by atoms with van der Waals surface area (Å²) in [6.45, 7) is 0. The standard InChI is InChI=1S/C29H21F3N2O5/c1-36-26-15-23-24(16-27(26)37-2)33-13-12-25(23)38-20-10-11-21-17(14-20)4-3-5-22(21)28(35)34-18-6-8-19(9-7-18)39-29(30,31)32/h3-16H,1-2H3,(H,34,35). The van der Waals surface area contributed by atoms with Crippen LogP contribution in [0.15, 0.2) is 85.1 Å². The predicted octanol–water partition coefficient (Wildman–Crippen LogP) is 7.35. The molecule has 1 aromatic heterocycles. The molecule has 0 aliphatic carbocycles. The minimum absolute atomic E-state index is 0.322. The first kappa shape index (κ1) is 25.7. The van der Waals surface area contributed by atoms with Gasteiger partial charge in [0.05, 0.1) is 19.7 Å². The molecule has 0 unspecified atom stereocenters. The van der Waals surface area contributed by atoms with E-state index in [0.29, 0.717) is 45.2 Å². The van der Waals surface area contributed by atoms with E-state index >= 15 is 0 Å². The SMILES string of the molecule is COc1cc2nccc(Oc3ccc4c(C(=O)Nc5ccc(OC(F)(F)F)cc5)cccc4c3)c2cc1OC. The number of hydrogen-bond donors (Lipinski definition) is 1. The molecular weight excluding hydrogens is 513 g/mol. The lowest BCUT2D eigenvalue weighted by Crippen LogP contribution is -2.17. The Labute approximate surface area is 220 Å². The molecule has 4 aromatic carbocycles. The van der Waals surface area contributed by atoms with Crippen LogP contribution in [0.4, 0.5) is 18.9 Å². The second-order valence-corrected chi connectivity index (χ2v) is 8.35. The number of nitrogens with one attached hydrogen (secondary N) is 1. The molecule has 39 heavy (non-hydrogen) atoms. The summed E-state index contributed by atoms with van der Waals surface area (Å²) in [6, 6.07) is 20.8. The average Bonchev–Trinajstić information content (AvgIpc) is 2.92. The molecule has 198 valence electrons. The van der Waals surface area contributed by atoms with Crippen LogP contribution in [-0.2, 0) is 0 Å². The number of carbonyl (C=O) groups is 1. The van der Waals surface area contributed by atoms with Crippen LogP contribution >= 0.6 is 0 Å². The smallest absolute Gasteiger partial charge is 0.493 e. The third-order valence-electron chi connectivity index (χ3n) is 5.88. The van der Waals surface area contributed by atoms with E-state index in [2.05, 4.69) is 15.0 Å². The molecule has 0 saturated carbocycles. The fourth-order valence-corrected chi connectivity index (χ4v) is 4.13. The van der Waals surface area contributed by atoms with E-state index in [1.165, 1.54) is 12.1 Å². The van der Waals surface area contributed by atoms with Gasteiger partial charge in [-0.2, -0.15) is 0 Å². The van der Waals surface area contributed by atoms with E-state index in [4.69, 9.17) is 14.2 Å². The van der Waals surface area contributed by atoms with Crippen molar-refractivity contribution in [3.63, 3.8) is 0 Å². The summed E-state index contributed by atoms with van der Waals surface area (Å²) in [5, 5.41) is 4.86. The minimum atomic E-state index is -4.79. The van der Waals surface area contributed by atoms with Crippen LogP contribution in [0.25, 0.3) is 21.7 Å². The molecule has 0 bridgehead atoms. The number of carbonyl (C=O) groups excluding carboxylic acids is 1. The fourth-order valence-electron chi connectivity index (χ4n) is 4.13. The van der Waals surface area contributed by atoms with Gasteiger partial charge < -0.3 is 24.3 Å². The molecule has 5 rings (SSSR count). The van der Waals surface area contributed by atoms with Gasteiger partial charge in [0.1, 0.15) is 17.2 Å². The highest BCUT2D eigenvalue weighted by molar-refractivity contribution is 6.13. The number of benzene rings is 4. The predicted molar refractivity (Wildman–Crippen MR) is 140 cm³/mol. The Kier molecular flexibility index (Phi) is 6.84. The van der Waals surface area contributed by atoms with E-state index in [-0.39, 0.29) is 5.75 Å². The van der Waals surface area contributed by atoms with Gasteiger partial charge in [0.2, 0.25) is 0 Å². The van der Waals surface area contributed by atoms with Gasteiger partial charge in [0.15, 0.2) is 11.5 Å². The molecule has 0 aliphatic rings. The number of anilines is 1. The highest BCUT2D eigenvalue weighted by Crippen LogP contribution is 2.37. The number of pyridine rings is 1. The molecule has 0 aliphatic heterocycles. The number of halogens is 3. The van der Waals surface area contributed by atoms with Crippen LogP contribution in [0.3, 0.4) is 0 Å². The first-order valence-electron chi connectivity index (χ1n) is 11.6. The van der Waals surface area contributed by atoms with Gasteiger partial charge in [-0.1, -0.05) is 12.1 Å². The summed E-state index contributed by atoms with van der Waals surface area (Å²) in [7, 11) is 3.10. The van der Waals surface area contributed by atoms with E-state index in [9.17, 15) is 18.0 Å². The topological polar surface area (TPSA) is 78.9 Å². The zero-order chi connectivity index (χ0) is 27.6. The van der Waals surface area contributed by atoms with Crippen molar-refractivity contribution in [3.8, 4) is 28.7 Å². The highest BCUT2D eigenvalue weighted by atomic mass is 19.4. The maximum absolute atomic E-state index is 13.0. The van der Waals surface area contributed by atoms with Crippen molar-refractivity contribution < 1.29 is 36.9 Å². The van der Waals surface area contributed by atoms with E-state index in [1.54, 1.807) is 62.9 Å². The zero-order valence-electron chi connectivity index (χ0n) is 20.7. The molecule has 0 spiro atoms. The molecular formula is C29H21F3N2O5. The first-order chi connectivity index (χ1) is 18.7. The Hall–Kier alpha value is -4.99. The largest absolute Gasteiger partial charge is 0.573 e. The van der Waals surface area contributed by atoms with Gasteiger partial charge in [-0.3, -0.25) is 9.78 Å². The molecule has 10 heteroatoms. The summed E-state index contributed by atoms with van der Waals surface area (Å²) < 4.78 is 58.0. The molecule has 0 fully saturated rings. The summed E-state index contributed by atoms with van der Waals surface area (Å²) in [4.78, 5) is 17.4. The van der Waals surface area contributed by atoms with E-state index < -0.39 is 12.3 Å². The van der Waals surface area contributed by atoms with Crippen LogP contribution in [-0.4, -0.2) is 31.5 Å². The molecule has 7 nitrogen and oxygen atoms in total. The third kappa shape index (κ3) is 5.64. The number of amides is 1. The molecule has 0 atom stereocenters. The van der Waals surface area contributed by atoms with E-state index in [0.717, 1.165) is 22.9 Å². The van der Waals surface area contributed by atoms with Gasteiger partial charge >= 0.3 is 6.36 Å². The van der Waals surface area contributed by atoms with Gasteiger partial charge in [-0.05, 0) is 71.4 Å². The van der Waals surface area contributed by atoms with Crippen molar-refractivity contribution in [2.24, 2.45) is 0 Å². The Morgan fingerprint density at radius 3 is 2.23 bits per heavy atom. The summed E-state index contributed by atoms with van der Waals surface area (Å²) in [5.41, 5.74) is 1.38. The second-order valence-electron chi connectivity index (χ2n) is 8.35. The molecule has 0 radical (unpaired) electrons. The van der Waals surface area contributed by atoms with Crippen molar-refractivity contribution in [1.82, 2.24) is 4.98 Å².